The van der Waals surface area contributed by atoms with Gasteiger partial charge in [-0.1, -0.05) is 13.8 Å². The summed E-state index contributed by atoms with van der Waals surface area (Å²) in [6.07, 6.45) is 5.78. The van der Waals surface area contributed by atoms with Crippen LogP contribution in [-0.2, 0) is 0 Å². The number of hydrogen-bond donors (Lipinski definition) is 2. The fourth-order valence-corrected chi connectivity index (χ4v) is 2.57. The first kappa shape index (κ1) is 13.9. The zero-order chi connectivity index (χ0) is 11.9. The summed E-state index contributed by atoms with van der Waals surface area (Å²) in [4.78, 5) is 2.53. The van der Waals surface area contributed by atoms with Crippen molar-refractivity contribution in [1.29, 1.82) is 0 Å². The van der Waals surface area contributed by atoms with Crippen molar-refractivity contribution < 1.29 is 5.11 Å². The van der Waals surface area contributed by atoms with E-state index >= 15 is 0 Å². The van der Waals surface area contributed by atoms with Gasteiger partial charge < -0.3 is 15.3 Å². The summed E-state index contributed by atoms with van der Waals surface area (Å²) in [6.45, 7) is 9.25. The molecule has 1 aliphatic heterocycles. The van der Waals surface area contributed by atoms with Gasteiger partial charge in [0.25, 0.3) is 0 Å². The quantitative estimate of drug-likeness (QED) is 0.725. The average Bonchev–Trinajstić information content (AvgIpc) is 2.51. The molecule has 1 fully saturated rings. The molecular weight excluding hydrogens is 200 g/mol. The van der Waals surface area contributed by atoms with E-state index in [1.165, 1.54) is 25.9 Å². The molecule has 0 aromatic rings. The monoisotopic (exact) mass is 228 g/mol. The zero-order valence-corrected chi connectivity index (χ0v) is 11.0. The van der Waals surface area contributed by atoms with Crippen LogP contribution in [0.1, 0.15) is 46.0 Å². The van der Waals surface area contributed by atoms with Crippen molar-refractivity contribution in [2.75, 3.05) is 32.8 Å². The lowest BCUT2D eigenvalue weighted by molar-refractivity contribution is 0.143. The Kier molecular flexibility index (Phi) is 6.32. The summed E-state index contributed by atoms with van der Waals surface area (Å²) >= 11 is 0. The van der Waals surface area contributed by atoms with Crippen molar-refractivity contribution in [3.05, 3.63) is 0 Å². The van der Waals surface area contributed by atoms with Gasteiger partial charge in [0.2, 0.25) is 0 Å². The maximum Gasteiger partial charge on any atom is 0.0613 e. The van der Waals surface area contributed by atoms with Crippen molar-refractivity contribution in [3.63, 3.8) is 0 Å². The van der Waals surface area contributed by atoms with E-state index in [2.05, 4.69) is 24.1 Å². The molecule has 2 N–H and O–H groups in total. The molecule has 0 aromatic heterocycles. The Bertz CT molecular complexity index is 187. The fourth-order valence-electron chi connectivity index (χ4n) is 2.57. The average molecular weight is 228 g/mol. The van der Waals surface area contributed by atoms with E-state index in [-0.39, 0.29) is 12.1 Å². The number of rotatable bonds is 6. The third-order valence-electron chi connectivity index (χ3n) is 3.63. The molecule has 0 amide bonds. The summed E-state index contributed by atoms with van der Waals surface area (Å²) in [5, 5.41) is 13.2. The van der Waals surface area contributed by atoms with Gasteiger partial charge in [0.1, 0.15) is 0 Å². The van der Waals surface area contributed by atoms with Crippen molar-refractivity contribution in [1.82, 2.24) is 10.2 Å². The normalized spacial score (nSPS) is 27.9. The highest BCUT2D eigenvalue weighted by atomic mass is 16.3. The Morgan fingerprint density at radius 3 is 2.62 bits per heavy atom. The topological polar surface area (TPSA) is 35.5 Å². The molecule has 0 spiro atoms. The molecule has 1 rings (SSSR count). The highest BCUT2D eigenvalue weighted by molar-refractivity contribution is 4.90. The van der Waals surface area contributed by atoms with Crippen LogP contribution in [0, 0.1) is 0 Å². The molecule has 1 atom stereocenters. The minimum Gasteiger partial charge on any atom is -0.394 e. The minimum absolute atomic E-state index is 0.00149. The van der Waals surface area contributed by atoms with Gasteiger partial charge in [-0.3, -0.25) is 0 Å². The second-order valence-corrected chi connectivity index (χ2v) is 5.06. The molecule has 96 valence electrons. The number of aliphatic hydroxyl groups excluding tert-OH is 1. The summed E-state index contributed by atoms with van der Waals surface area (Å²) in [7, 11) is 0. The van der Waals surface area contributed by atoms with E-state index in [0.717, 1.165) is 32.4 Å². The van der Waals surface area contributed by atoms with Crippen molar-refractivity contribution in [2.45, 2.75) is 51.5 Å². The zero-order valence-electron chi connectivity index (χ0n) is 11.0. The van der Waals surface area contributed by atoms with Crippen LogP contribution < -0.4 is 5.32 Å². The third-order valence-corrected chi connectivity index (χ3v) is 3.63. The maximum absolute atomic E-state index is 9.63. The Hall–Kier alpha value is -0.120. The molecule has 1 aliphatic rings. The number of likely N-dealkylation sites (tertiary alicyclic amines) is 1. The van der Waals surface area contributed by atoms with Gasteiger partial charge in [-0.05, 0) is 58.3 Å². The molecule has 0 saturated carbocycles. The van der Waals surface area contributed by atoms with Gasteiger partial charge in [-0.25, -0.2) is 0 Å². The van der Waals surface area contributed by atoms with E-state index < -0.39 is 0 Å². The van der Waals surface area contributed by atoms with Crippen LogP contribution in [0.3, 0.4) is 0 Å². The van der Waals surface area contributed by atoms with Crippen LogP contribution in [0.5, 0.6) is 0 Å². The van der Waals surface area contributed by atoms with Crippen LogP contribution >= 0.6 is 0 Å². The number of hydrogen-bond acceptors (Lipinski definition) is 3. The molecule has 0 aromatic carbocycles. The highest BCUT2D eigenvalue weighted by Gasteiger charge is 2.30. The van der Waals surface area contributed by atoms with E-state index in [4.69, 9.17) is 0 Å². The predicted octanol–water partition coefficient (Wildman–Crippen LogP) is 1.61. The van der Waals surface area contributed by atoms with E-state index in [0.29, 0.717) is 0 Å². The van der Waals surface area contributed by atoms with Crippen LogP contribution in [0.15, 0.2) is 0 Å². The van der Waals surface area contributed by atoms with Gasteiger partial charge >= 0.3 is 0 Å². The lowest BCUT2D eigenvalue weighted by Gasteiger charge is -2.32. The van der Waals surface area contributed by atoms with Gasteiger partial charge in [0, 0.05) is 5.54 Å². The first-order valence-electron chi connectivity index (χ1n) is 6.84. The first-order valence-corrected chi connectivity index (χ1v) is 6.84. The Balaban J connectivity index is 2.46. The van der Waals surface area contributed by atoms with Crippen molar-refractivity contribution in [2.24, 2.45) is 0 Å². The predicted molar refractivity (Wildman–Crippen MR) is 68.7 cm³/mol. The van der Waals surface area contributed by atoms with Gasteiger partial charge in [-0.15, -0.1) is 0 Å². The lowest BCUT2D eigenvalue weighted by atomic mass is 9.91. The molecule has 1 heterocycles. The third kappa shape index (κ3) is 4.04. The van der Waals surface area contributed by atoms with Gasteiger partial charge in [0.05, 0.1) is 6.61 Å². The van der Waals surface area contributed by atoms with Crippen molar-refractivity contribution in [3.8, 4) is 0 Å². The summed E-state index contributed by atoms with van der Waals surface area (Å²) < 4.78 is 0. The minimum atomic E-state index is -0.00149. The Morgan fingerprint density at radius 1 is 1.19 bits per heavy atom. The first-order chi connectivity index (χ1) is 7.76. The maximum atomic E-state index is 9.63. The number of nitrogens with zero attached hydrogens (tertiary/aromatic N) is 1. The van der Waals surface area contributed by atoms with Crippen LogP contribution in [-0.4, -0.2) is 48.3 Å². The standard InChI is InChI=1S/C13H28N2O/c1-3-8-14-13(12-16)6-5-10-15(9-4-2)11-7-13/h14,16H,3-12H2,1-2H3. The molecule has 0 bridgehead atoms. The molecule has 1 unspecified atom stereocenters. The van der Waals surface area contributed by atoms with E-state index in [1.807, 2.05) is 0 Å². The van der Waals surface area contributed by atoms with Gasteiger partial charge in [-0.2, -0.15) is 0 Å². The largest absolute Gasteiger partial charge is 0.394 e. The second-order valence-electron chi connectivity index (χ2n) is 5.06. The molecule has 0 aliphatic carbocycles. The van der Waals surface area contributed by atoms with Crippen LogP contribution in [0.2, 0.25) is 0 Å². The molecule has 3 nitrogen and oxygen atoms in total. The van der Waals surface area contributed by atoms with Crippen molar-refractivity contribution >= 4 is 0 Å². The summed E-state index contributed by atoms with van der Waals surface area (Å²) in [5.74, 6) is 0. The lowest BCUT2D eigenvalue weighted by Crippen LogP contribution is -2.49. The van der Waals surface area contributed by atoms with E-state index in [1.54, 1.807) is 0 Å². The molecule has 1 saturated heterocycles. The second kappa shape index (κ2) is 7.25. The van der Waals surface area contributed by atoms with Gasteiger partial charge in [0.15, 0.2) is 0 Å². The Morgan fingerprint density at radius 2 is 2.00 bits per heavy atom. The number of nitrogens with one attached hydrogen (secondary N) is 1. The Labute approximate surface area is 100 Å². The van der Waals surface area contributed by atoms with Crippen LogP contribution in [0.4, 0.5) is 0 Å². The molecular formula is C13H28N2O. The molecule has 0 radical (unpaired) electrons. The smallest absolute Gasteiger partial charge is 0.0613 e. The molecule has 16 heavy (non-hydrogen) atoms. The highest BCUT2D eigenvalue weighted by Crippen LogP contribution is 2.22. The number of aliphatic hydroxyl groups is 1. The molecule has 3 heteroatoms. The summed E-state index contributed by atoms with van der Waals surface area (Å²) in [6, 6.07) is 0. The van der Waals surface area contributed by atoms with Crippen LogP contribution in [0.25, 0.3) is 0 Å². The van der Waals surface area contributed by atoms with E-state index in [9.17, 15) is 5.11 Å². The SMILES string of the molecule is CCCNC1(CO)CCCN(CCC)CC1. The summed E-state index contributed by atoms with van der Waals surface area (Å²) in [5.41, 5.74) is -0.00149. The fraction of sp³-hybridized carbons (Fsp3) is 1.00.